The first-order valence-electron chi connectivity index (χ1n) is 5.51. The molecule has 0 radical (unpaired) electrons. The lowest BCUT2D eigenvalue weighted by Crippen LogP contribution is -2.40. The number of nitrogens with one attached hydrogen (secondary N) is 1. The minimum Gasteiger partial charge on any atom is -0.370 e. The van der Waals surface area contributed by atoms with Gasteiger partial charge in [0.2, 0.25) is 11.7 Å². The predicted octanol–water partition coefficient (Wildman–Crippen LogP) is 1.24. The largest absolute Gasteiger partial charge is 0.370 e. The second-order valence-electron chi connectivity index (χ2n) is 3.70. The fraction of sp³-hybridized carbons (Fsp3) is 0.800. The summed E-state index contributed by atoms with van der Waals surface area (Å²) in [5.41, 5.74) is 0. The Bertz CT molecular complexity index is 309. The minimum absolute atomic E-state index is 0.0273. The van der Waals surface area contributed by atoms with Gasteiger partial charge in [-0.15, -0.1) is 0 Å². The van der Waals surface area contributed by atoms with Crippen LogP contribution in [0.1, 0.15) is 44.0 Å². The first-order chi connectivity index (χ1) is 7.35. The molecule has 1 unspecified atom stereocenters. The number of hydrogen-bond acceptors (Lipinski definition) is 5. The molecule has 0 bridgehead atoms. The molecule has 0 aliphatic carbocycles. The van der Waals surface area contributed by atoms with Crippen LogP contribution in [0.4, 0.5) is 0 Å². The Labute approximate surface area is 89.2 Å². The fourth-order valence-corrected chi connectivity index (χ4v) is 1.58. The van der Waals surface area contributed by atoms with Gasteiger partial charge in [-0.25, -0.2) is 0 Å². The van der Waals surface area contributed by atoms with Gasteiger partial charge in [0.25, 0.3) is 0 Å². The number of nitrogens with zero attached hydrogens (tertiary/aromatic N) is 2. The highest BCUT2D eigenvalue weighted by Gasteiger charge is 2.26. The summed E-state index contributed by atoms with van der Waals surface area (Å²) in [4.78, 5) is 4.38. The Balaban J connectivity index is 2.03. The van der Waals surface area contributed by atoms with E-state index in [0.717, 1.165) is 25.4 Å². The Morgan fingerprint density at radius 2 is 2.33 bits per heavy atom. The molecule has 5 nitrogen and oxygen atoms in total. The molecule has 1 aliphatic heterocycles. The van der Waals surface area contributed by atoms with Crippen LogP contribution < -0.4 is 5.32 Å². The van der Waals surface area contributed by atoms with Crippen molar-refractivity contribution in [2.24, 2.45) is 0 Å². The molecule has 1 atom stereocenters. The molecule has 0 spiro atoms. The van der Waals surface area contributed by atoms with Crippen molar-refractivity contribution in [1.29, 1.82) is 0 Å². The normalized spacial score (nSPS) is 18.8. The zero-order valence-corrected chi connectivity index (χ0v) is 9.19. The van der Waals surface area contributed by atoms with E-state index < -0.39 is 0 Å². The predicted molar refractivity (Wildman–Crippen MR) is 54.6 cm³/mol. The lowest BCUT2D eigenvalue weighted by atomic mass is 10.0. The van der Waals surface area contributed by atoms with Gasteiger partial charge >= 0.3 is 0 Å². The van der Waals surface area contributed by atoms with E-state index in [9.17, 15) is 0 Å². The summed E-state index contributed by atoms with van der Waals surface area (Å²) in [7, 11) is 0. The third-order valence-corrected chi connectivity index (χ3v) is 2.61. The van der Waals surface area contributed by atoms with Crippen LogP contribution in [-0.4, -0.2) is 29.8 Å². The third kappa shape index (κ3) is 2.18. The van der Waals surface area contributed by atoms with Crippen molar-refractivity contribution in [1.82, 2.24) is 15.5 Å². The average Bonchev–Trinajstić information content (AvgIpc) is 2.60. The number of hydrogen-bond donors (Lipinski definition) is 1. The molecule has 1 N–H and O–H groups in total. The van der Waals surface area contributed by atoms with Gasteiger partial charge in [-0.05, 0) is 13.3 Å². The lowest BCUT2D eigenvalue weighted by Gasteiger charge is -2.22. The summed E-state index contributed by atoms with van der Waals surface area (Å²) in [6, 6.07) is 0. The molecule has 1 saturated heterocycles. The molecule has 0 saturated carbocycles. The van der Waals surface area contributed by atoms with Crippen LogP contribution in [0.15, 0.2) is 4.52 Å². The second kappa shape index (κ2) is 4.72. The van der Waals surface area contributed by atoms with Crippen LogP contribution in [0.3, 0.4) is 0 Å². The smallest absolute Gasteiger partial charge is 0.232 e. The maximum absolute atomic E-state index is 5.52. The zero-order valence-electron chi connectivity index (χ0n) is 9.19. The van der Waals surface area contributed by atoms with E-state index in [0.29, 0.717) is 18.3 Å². The van der Waals surface area contributed by atoms with Gasteiger partial charge in [0, 0.05) is 19.7 Å². The first kappa shape index (κ1) is 10.6. The molecule has 5 heteroatoms. The van der Waals surface area contributed by atoms with Crippen LogP contribution in [0, 0.1) is 0 Å². The van der Waals surface area contributed by atoms with E-state index in [1.165, 1.54) is 0 Å². The molecule has 0 amide bonds. The van der Waals surface area contributed by atoms with Crippen LogP contribution in [0.2, 0.25) is 0 Å². The average molecular weight is 211 g/mol. The Kier molecular flexibility index (Phi) is 3.33. The summed E-state index contributed by atoms with van der Waals surface area (Å²) in [6.07, 6.45) is 0.843. The molecule has 15 heavy (non-hydrogen) atoms. The van der Waals surface area contributed by atoms with E-state index >= 15 is 0 Å². The molecule has 1 aliphatic rings. The molecule has 2 heterocycles. The summed E-state index contributed by atoms with van der Waals surface area (Å²) >= 11 is 0. The van der Waals surface area contributed by atoms with E-state index in [-0.39, 0.29) is 6.10 Å². The Morgan fingerprint density at radius 1 is 1.53 bits per heavy atom. The second-order valence-corrected chi connectivity index (χ2v) is 3.70. The van der Waals surface area contributed by atoms with Crippen molar-refractivity contribution in [3.8, 4) is 0 Å². The van der Waals surface area contributed by atoms with Crippen LogP contribution in [0.5, 0.6) is 0 Å². The van der Waals surface area contributed by atoms with Crippen molar-refractivity contribution in [2.75, 3.05) is 19.7 Å². The number of rotatable bonds is 5. The standard InChI is InChI=1S/C10H17N3O2/c1-3-8(14-4-2)9-12-10(15-13-9)7-5-11-6-7/h7-8,11H,3-6H2,1-2H3. The highest BCUT2D eigenvalue weighted by Crippen LogP contribution is 2.22. The molecule has 1 aromatic heterocycles. The van der Waals surface area contributed by atoms with E-state index in [1.54, 1.807) is 0 Å². The molecular weight excluding hydrogens is 194 g/mol. The highest BCUT2D eigenvalue weighted by atomic mass is 16.5. The van der Waals surface area contributed by atoms with Gasteiger partial charge in [-0.3, -0.25) is 0 Å². The van der Waals surface area contributed by atoms with Crippen molar-refractivity contribution in [3.05, 3.63) is 11.7 Å². The molecular formula is C10H17N3O2. The molecule has 1 fully saturated rings. The lowest BCUT2D eigenvalue weighted by molar-refractivity contribution is 0.0518. The van der Waals surface area contributed by atoms with Gasteiger partial charge in [-0.2, -0.15) is 4.98 Å². The van der Waals surface area contributed by atoms with Crippen molar-refractivity contribution in [2.45, 2.75) is 32.3 Å². The fourth-order valence-electron chi connectivity index (χ4n) is 1.58. The Morgan fingerprint density at radius 3 is 2.87 bits per heavy atom. The van der Waals surface area contributed by atoms with E-state index in [1.807, 2.05) is 6.92 Å². The summed E-state index contributed by atoms with van der Waals surface area (Å²) < 4.78 is 10.7. The summed E-state index contributed by atoms with van der Waals surface area (Å²) in [5, 5.41) is 7.15. The summed E-state index contributed by atoms with van der Waals surface area (Å²) in [5.74, 6) is 1.81. The Hall–Kier alpha value is -0.940. The number of ether oxygens (including phenoxy) is 1. The van der Waals surface area contributed by atoms with Crippen molar-refractivity contribution in [3.63, 3.8) is 0 Å². The van der Waals surface area contributed by atoms with Gasteiger partial charge in [0.1, 0.15) is 6.10 Å². The first-order valence-corrected chi connectivity index (χ1v) is 5.51. The van der Waals surface area contributed by atoms with Crippen LogP contribution >= 0.6 is 0 Å². The molecule has 1 aromatic rings. The minimum atomic E-state index is -0.0273. The summed E-state index contributed by atoms with van der Waals surface area (Å²) in [6.45, 7) is 6.58. The molecule has 0 aromatic carbocycles. The topological polar surface area (TPSA) is 60.2 Å². The maximum Gasteiger partial charge on any atom is 0.232 e. The van der Waals surface area contributed by atoms with Gasteiger partial charge < -0.3 is 14.6 Å². The zero-order chi connectivity index (χ0) is 10.7. The van der Waals surface area contributed by atoms with Crippen LogP contribution in [-0.2, 0) is 4.74 Å². The van der Waals surface area contributed by atoms with E-state index in [2.05, 4.69) is 22.4 Å². The van der Waals surface area contributed by atoms with Crippen LogP contribution in [0.25, 0.3) is 0 Å². The van der Waals surface area contributed by atoms with Crippen molar-refractivity contribution < 1.29 is 9.26 Å². The maximum atomic E-state index is 5.52. The SMILES string of the molecule is CCOC(CC)c1noc(C2CNC2)n1. The monoisotopic (exact) mass is 211 g/mol. The van der Waals surface area contributed by atoms with Crippen molar-refractivity contribution >= 4 is 0 Å². The van der Waals surface area contributed by atoms with Gasteiger partial charge in [0.05, 0.1) is 5.92 Å². The highest BCUT2D eigenvalue weighted by molar-refractivity contribution is 5.02. The van der Waals surface area contributed by atoms with E-state index in [4.69, 9.17) is 9.26 Å². The third-order valence-electron chi connectivity index (χ3n) is 2.61. The van der Waals surface area contributed by atoms with Gasteiger partial charge in [-0.1, -0.05) is 12.1 Å². The van der Waals surface area contributed by atoms with Gasteiger partial charge in [0.15, 0.2) is 0 Å². The molecule has 84 valence electrons. The molecule has 2 rings (SSSR count). The number of aromatic nitrogens is 2. The quantitative estimate of drug-likeness (QED) is 0.794.